The molecule has 17 heavy (non-hydrogen) atoms. The Labute approximate surface area is 102 Å². The van der Waals surface area contributed by atoms with Crippen molar-refractivity contribution < 1.29 is 9.52 Å². The standard InChI is InChI=1S/C14H21NO2/c1-9-4-13(9)14-3-2-12(17-14)8-15-7-10-5-11(16)6-10/h2-3,9-11,13,15-16H,4-8H2,1H3. The van der Waals surface area contributed by atoms with Gasteiger partial charge in [0.2, 0.25) is 0 Å². The second-order valence-electron chi connectivity index (χ2n) is 5.75. The first-order valence-corrected chi connectivity index (χ1v) is 6.69. The molecule has 2 N–H and O–H groups in total. The topological polar surface area (TPSA) is 45.4 Å². The number of aliphatic hydroxyl groups is 1. The maximum atomic E-state index is 9.18. The molecule has 2 saturated carbocycles. The molecule has 2 aliphatic carbocycles. The van der Waals surface area contributed by atoms with Crippen LogP contribution in [0.4, 0.5) is 0 Å². The van der Waals surface area contributed by atoms with Crippen molar-refractivity contribution in [2.24, 2.45) is 11.8 Å². The van der Waals surface area contributed by atoms with Gasteiger partial charge in [0, 0.05) is 5.92 Å². The highest BCUT2D eigenvalue weighted by molar-refractivity contribution is 5.17. The van der Waals surface area contributed by atoms with Crippen molar-refractivity contribution in [1.82, 2.24) is 5.32 Å². The van der Waals surface area contributed by atoms with Crippen molar-refractivity contribution in [2.45, 2.75) is 44.8 Å². The lowest BCUT2D eigenvalue weighted by Crippen LogP contribution is -2.35. The summed E-state index contributed by atoms with van der Waals surface area (Å²) in [6.45, 7) is 4.08. The summed E-state index contributed by atoms with van der Waals surface area (Å²) in [5.74, 6) is 4.33. The van der Waals surface area contributed by atoms with Crippen molar-refractivity contribution in [1.29, 1.82) is 0 Å². The highest BCUT2D eigenvalue weighted by Gasteiger charge is 2.36. The van der Waals surface area contributed by atoms with Gasteiger partial charge in [0.25, 0.3) is 0 Å². The average molecular weight is 235 g/mol. The highest BCUT2D eigenvalue weighted by atomic mass is 16.3. The van der Waals surface area contributed by atoms with Crippen molar-refractivity contribution >= 4 is 0 Å². The molecule has 2 unspecified atom stereocenters. The van der Waals surface area contributed by atoms with Crippen molar-refractivity contribution in [3.05, 3.63) is 23.7 Å². The molecule has 3 rings (SSSR count). The molecule has 1 heterocycles. The van der Waals surface area contributed by atoms with Crippen LogP contribution >= 0.6 is 0 Å². The molecule has 2 fully saturated rings. The fourth-order valence-electron chi connectivity index (χ4n) is 2.67. The average Bonchev–Trinajstić information content (AvgIpc) is 2.81. The normalized spacial score (nSPS) is 35.6. The molecule has 3 heteroatoms. The molecule has 2 aliphatic rings. The first kappa shape index (κ1) is 11.3. The van der Waals surface area contributed by atoms with Gasteiger partial charge in [-0.25, -0.2) is 0 Å². The monoisotopic (exact) mass is 235 g/mol. The Morgan fingerprint density at radius 3 is 2.76 bits per heavy atom. The molecule has 0 radical (unpaired) electrons. The van der Waals surface area contributed by atoms with Gasteiger partial charge in [-0.05, 0) is 49.8 Å². The Morgan fingerprint density at radius 2 is 2.12 bits per heavy atom. The Bertz CT molecular complexity index is 381. The highest BCUT2D eigenvalue weighted by Crippen LogP contribution is 2.47. The molecule has 0 aromatic carbocycles. The zero-order valence-corrected chi connectivity index (χ0v) is 10.4. The van der Waals surface area contributed by atoms with Crippen LogP contribution < -0.4 is 5.32 Å². The lowest BCUT2D eigenvalue weighted by atomic mass is 9.82. The molecule has 0 spiro atoms. The first-order chi connectivity index (χ1) is 8.22. The summed E-state index contributed by atoms with van der Waals surface area (Å²) in [4.78, 5) is 0. The van der Waals surface area contributed by atoms with Crippen molar-refractivity contribution in [2.75, 3.05) is 6.54 Å². The molecule has 3 nitrogen and oxygen atoms in total. The van der Waals surface area contributed by atoms with Gasteiger partial charge < -0.3 is 14.8 Å². The van der Waals surface area contributed by atoms with Crippen LogP contribution in [0.3, 0.4) is 0 Å². The predicted molar refractivity (Wildman–Crippen MR) is 65.7 cm³/mol. The molecule has 0 bridgehead atoms. The molecule has 1 aromatic rings. The molecule has 1 aromatic heterocycles. The van der Waals surface area contributed by atoms with E-state index >= 15 is 0 Å². The van der Waals surface area contributed by atoms with E-state index in [1.54, 1.807) is 0 Å². The third kappa shape index (κ3) is 2.55. The smallest absolute Gasteiger partial charge is 0.117 e. The summed E-state index contributed by atoms with van der Waals surface area (Å²) < 4.78 is 5.82. The van der Waals surface area contributed by atoms with E-state index in [0.29, 0.717) is 11.8 Å². The van der Waals surface area contributed by atoms with E-state index in [1.807, 2.05) is 0 Å². The molecule has 0 aliphatic heterocycles. The number of nitrogens with one attached hydrogen (secondary N) is 1. The van der Waals surface area contributed by atoms with Crippen molar-refractivity contribution in [3.8, 4) is 0 Å². The number of hydrogen-bond donors (Lipinski definition) is 2. The van der Waals surface area contributed by atoms with E-state index in [9.17, 15) is 5.11 Å². The van der Waals surface area contributed by atoms with Gasteiger partial charge in [-0.1, -0.05) is 6.92 Å². The van der Waals surface area contributed by atoms with E-state index < -0.39 is 0 Å². The van der Waals surface area contributed by atoms with Crippen molar-refractivity contribution in [3.63, 3.8) is 0 Å². The molecular weight excluding hydrogens is 214 g/mol. The van der Waals surface area contributed by atoms with E-state index in [1.165, 1.54) is 6.42 Å². The zero-order chi connectivity index (χ0) is 11.8. The number of hydrogen-bond acceptors (Lipinski definition) is 3. The van der Waals surface area contributed by atoms with Crippen LogP contribution in [-0.2, 0) is 6.54 Å². The minimum Gasteiger partial charge on any atom is -0.464 e. The SMILES string of the molecule is CC1CC1c1ccc(CNCC2CC(O)C2)o1. The van der Waals surface area contributed by atoms with Gasteiger partial charge in [-0.3, -0.25) is 0 Å². The molecule has 94 valence electrons. The van der Waals surface area contributed by atoms with Crippen LogP contribution in [0.25, 0.3) is 0 Å². The summed E-state index contributed by atoms with van der Waals surface area (Å²) in [5, 5.41) is 12.6. The first-order valence-electron chi connectivity index (χ1n) is 6.69. The van der Waals surface area contributed by atoms with Crippen LogP contribution in [0.2, 0.25) is 0 Å². The third-order valence-electron chi connectivity index (χ3n) is 4.10. The van der Waals surface area contributed by atoms with Crippen LogP contribution in [0.1, 0.15) is 43.6 Å². The number of rotatable bonds is 5. The van der Waals surface area contributed by atoms with Gasteiger partial charge in [0.1, 0.15) is 11.5 Å². The second kappa shape index (κ2) is 4.46. The summed E-state index contributed by atoms with van der Waals surface area (Å²) >= 11 is 0. The third-order valence-corrected chi connectivity index (χ3v) is 4.10. The predicted octanol–water partition coefficient (Wildman–Crippen LogP) is 2.26. The fraction of sp³-hybridized carbons (Fsp3) is 0.714. The zero-order valence-electron chi connectivity index (χ0n) is 10.4. The Morgan fingerprint density at radius 1 is 1.35 bits per heavy atom. The fourth-order valence-corrected chi connectivity index (χ4v) is 2.67. The van der Waals surface area contributed by atoms with Crippen LogP contribution in [0.5, 0.6) is 0 Å². The quantitative estimate of drug-likeness (QED) is 0.823. The van der Waals surface area contributed by atoms with Crippen LogP contribution in [-0.4, -0.2) is 17.8 Å². The summed E-state index contributed by atoms with van der Waals surface area (Å²) in [6, 6.07) is 4.21. The van der Waals surface area contributed by atoms with Crippen LogP contribution in [0, 0.1) is 11.8 Å². The Balaban J connectivity index is 1.41. The maximum absolute atomic E-state index is 9.18. The maximum Gasteiger partial charge on any atom is 0.117 e. The van der Waals surface area contributed by atoms with Gasteiger partial charge in [0.05, 0.1) is 12.6 Å². The van der Waals surface area contributed by atoms with Crippen LogP contribution in [0.15, 0.2) is 16.5 Å². The summed E-state index contributed by atoms with van der Waals surface area (Å²) in [7, 11) is 0. The lowest BCUT2D eigenvalue weighted by Gasteiger charge is -2.31. The van der Waals surface area contributed by atoms with E-state index in [2.05, 4.69) is 24.4 Å². The Hall–Kier alpha value is -0.800. The number of aliphatic hydroxyl groups excluding tert-OH is 1. The molecule has 0 saturated heterocycles. The lowest BCUT2D eigenvalue weighted by molar-refractivity contribution is 0.0428. The number of furan rings is 1. The molecule has 2 atom stereocenters. The van der Waals surface area contributed by atoms with Gasteiger partial charge in [-0.2, -0.15) is 0 Å². The summed E-state index contributed by atoms with van der Waals surface area (Å²) in [6.07, 6.45) is 3.14. The Kier molecular flexibility index (Phi) is 2.97. The minimum absolute atomic E-state index is 0.0478. The minimum atomic E-state index is -0.0478. The molecule has 0 amide bonds. The largest absolute Gasteiger partial charge is 0.464 e. The van der Waals surface area contributed by atoms with Gasteiger partial charge in [-0.15, -0.1) is 0 Å². The van der Waals surface area contributed by atoms with Gasteiger partial charge >= 0.3 is 0 Å². The second-order valence-corrected chi connectivity index (χ2v) is 5.75. The van der Waals surface area contributed by atoms with E-state index in [0.717, 1.165) is 43.4 Å². The van der Waals surface area contributed by atoms with E-state index in [4.69, 9.17) is 4.42 Å². The van der Waals surface area contributed by atoms with E-state index in [-0.39, 0.29) is 6.10 Å². The molecular formula is C14H21NO2. The van der Waals surface area contributed by atoms with Gasteiger partial charge in [0.15, 0.2) is 0 Å². The summed E-state index contributed by atoms with van der Waals surface area (Å²) in [5.41, 5.74) is 0.